The van der Waals surface area contributed by atoms with Gasteiger partial charge in [-0.25, -0.2) is 4.79 Å². The van der Waals surface area contributed by atoms with E-state index in [-0.39, 0.29) is 11.9 Å². The van der Waals surface area contributed by atoms with E-state index in [2.05, 4.69) is 10.6 Å². The largest absolute Gasteiger partial charge is 0.401 e. The average Bonchev–Trinajstić information content (AvgIpc) is 2.47. The van der Waals surface area contributed by atoms with Crippen LogP contribution in [-0.2, 0) is 0 Å². The van der Waals surface area contributed by atoms with E-state index >= 15 is 0 Å². The first kappa shape index (κ1) is 17.6. The van der Waals surface area contributed by atoms with Gasteiger partial charge in [0.25, 0.3) is 0 Å². The normalized spacial score (nSPS) is 17.0. The second kappa shape index (κ2) is 7.68. The highest BCUT2D eigenvalue weighted by Crippen LogP contribution is 2.22. The van der Waals surface area contributed by atoms with Crippen molar-refractivity contribution in [2.24, 2.45) is 5.92 Å². The molecule has 0 atom stereocenters. The summed E-state index contributed by atoms with van der Waals surface area (Å²) in [6, 6.07) is 7.19. The van der Waals surface area contributed by atoms with Crippen LogP contribution in [0.25, 0.3) is 0 Å². The third kappa shape index (κ3) is 6.09. The zero-order valence-electron chi connectivity index (χ0n) is 13.1. The van der Waals surface area contributed by atoms with Gasteiger partial charge >= 0.3 is 12.2 Å². The molecule has 1 saturated heterocycles. The van der Waals surface area contributed by atoms with Crippen LogP contribution in [0.3, 0.4) is 0 Å². The van der Waals surface area contributed by atoms with Crippen molar-refractivity contribution in [2.45, 2.75) is 25.9 Å². The van der Waals surface area contributed by atoms with Crippen molar-refractivity contribution in [1.82, 2.24) is 10.2 Å². The summed E-state index contributed by atoms with van der Waals surface area (Å²) in [5.41, 5.74) is 1.73. The van der Waals surface area contributed by atoms with Gasteiger partial charge in [-0.3, -0.25) is 4.90 Å². The van der Waals surface area contributed by atoms with Gasteiger partial charge in [0.15, 0.2) is 0 Å². The number of para-hydroxylation sites is 1. The quantitative estimate of drug-likeness (QED) is 0.889. The number of carbonyl (C=O) groups excluding carboxylic acids is 1. The molecule has 0 unspecified atom stereocenters. The zero-order chi connectivity index (χ0) is 16.9. The lowest BCUT2D eigenvalue weighted by molar-refractivity contribution is -0.148. The molecule has 0 aliphatic carbocycles. The van der Waals surface area contributed by atoms with Crippen LogP contribution in [0.5, 0.6) is 0 Å². The lowest BCUT2D eigenvalue weighted by Crippen LogP contribution is -2.43. The van der Waals surface area contributed by atoms with E-state index in [4.69, 9.17) is 0 Å². The maximum absolute atomic E-state index is 12.3. The van der Waals surface area contributed by atoms with Crippen LogP contribution in [0.1, 0.15) is 18.4 Å². The number of alkyl halides is 3. The molecule has 2 amide bonds. The van der Waals surface area contributed by atoms with Crippen LogP contribution in [0.15, 0.2) is 24.3 Å². The van der Waals surface area contributed by atoms with E-state index in [9.17, 15) is 18.0 Å². The van der Waals surface area contributed by atoms with Gasteiger partial charge in [-0.05, 0) is 50.4 Å². The summed E-state index contributed by atoms with van der Waals surface area (Å²) >= 11 is 0. The van der Waals surface area contributed by atoms with Crippen LogP contribution in [0.2, 0.25) is 0 Å². The minimum atomic E-state index is -4.14. The molecule has 0 radical (unpaired) electrons. The fourth-order valence-electron chi connectivity index (χ4n) is 2.72. The van der Waals surface area contributed by atoms with Crippen LogP contribution in [0, 0.1) is 12.8 Å². The number of hydrogen-bond donors (Lipinski definition) is 2. The van der Waals surface area contributed by atoms with Crippen LogP contribution < -0.4 is 10.6 Å². The summed E-state index contributed by atoms with van der Waals surface area (Å²) in [5.74, 6) is 0.224. The number of rotatable bonds is 4. The Morgan fingerprint density at radius 3 is 2.52 bits per heavy atom. The second-order valence-corrected chi connectivity index (χ2v) is 5.98. The van der Waals surface area contributed by atoms with E-state index in [0.29, 0.717) is 32.5 Å². The number of piperidine rings is 1. The summed E-state index contributed by atoms with van der Waals surface area (Å²) in [6.07, 6.45) is -2.81. The summed E-state index contributed by atoms with van der Waals surface area (Å²) in [6.45, 7) is 2.39. The number of aryl methyl sites for hydroxylation is 1. The Hall–Kier alpha value is -1.76. The smallest absolute Gasteiger partial charge is 0.338 e. The third-order valence-corrected chi connectivity index (χ3v) is 4.05. The molecule has 0 aromatic heterocycles. The molecular weight excluding hydrogens is 307 g/mol. The van der Waals surface area contributed by atoms with Crippen LogP contribution in [-0.4, -0.2) is 43.3 Å². The number of benzene rings is 1. The summed E-state index contributed by atoms with van der Waals surface area (Å²) in [5, 5.41) is 5.58. The number of likely N-dealkylation sites (tertiary alicyclic amines) is 1. The van der Waals surface area contributed by atoms with E-state index in [1.165, 1.54) is 4.90 Å². The van der Waals surface area contributed by atoms with Crippen molar-refractivity contribution >= 4 is 11.7 Å². The van der Waals surface area contributed by atoms with Crippen molar-refractivity contribution in [2.75, 3.05) is 31.5 Å². The molecule has 7 heteroatoms. The topological polar surface area (TPSA) is 44.4 Å². The molecule has 1 aliphatic rings. The number of halogens is 3. The van der Waals surface area contributed by atoms with E-state index in [1.807, 2.05) is 31.2 Å². The minimum Gasteiger partial charge on any atom is -0.338 e. The standard InChI is InChI=1S/C16H22F3N3O/c1-12-4-2-3-5-14(12)21-15(23)20-10-13-6-8-22(9-7-13)11-16(17,18)19/h2-5,13H,6-11H2,1H3,(H2,20,21,23). The SMILES string of the molecule is Cc1ccccc1NC(=O)NCC1CCN(CC(F)(F)F)CC1. The Kier molecular flexibility index (Phi) is 5.87. The molecule has 1 aliphatic heterocycles. The molecule has 2 rings (SSSR count). The Morgan fingerprint density at radius 1 is 1.26 bits per heavy atom. The first-order chi connectivity index (χ1) is 10.8. The molecule has 128 valence electrons. The van der Waals surface area contributed by atoms with E-state index < -0.39 is 12.7 Å². The number of anilines is 1. The average molecular weight is 329 g/mol. The second-order valence-electron chi connectivity index (χ2n) is 5.98. The fraction of sp³-hybridized carbons (Fsp3) is 0.562. The summed E-state index contributed by atoms with van der Waals surface area (Å²) in [7, 11) is 0. The highest BCUT2D eigenvalue weighted by molar-refractivity contribution is 5.89. The zero-order valence-corrected chi connectivity index (χ0v) is 13.1. The van der Waals surface area contributed by atoms with Gasteiger partial charge in [0.2, 0.25) is 0 Å². The molecule has 1 aromatic carbocycles. The Labute approximate surface area is 134 Å². The van der Waals surface area contributed by atoms with Gasteiger partial charge in [-0.1, -0.05) is 18.2 Å². The predicted octanol–water partition coefficient (Wildman–Crippen LogP) is 3.39. The molecule has 23 heavy (non-hydrogen) atoms. The van der Waals surface area contributed by atoms with Crippen molar-refractivity contribution in [3.8, 4) is 0 Å². The maximum Gasteiger partial charge on any atom is 0.401 e. The lowest BCUT2D eigenvalue weighted by atomic mass is 9.97. The maximum atomic E-state index is 12.3. The molecular formula is C16H22F3N3O. The lowest BCUT2D eigenvalue weighted by Gasteiger charge is -2.32. The van der Waals surface area contributed by atoms with Crippen LogP contribution in [0.4, 0.5) is 23.7 Å². The van der Waals surface area contributed by atoms with Crippen molar-refractivity contribution in [3.63, 3.8) is 0 Å². The van der Waals surface area contributed by atoms with Gasteiger partial charge in [-0.2, -0.15) is 13.2 Å². The number of nitrogens with one attached hydrogen (secondary N) is 2. The Morgan fingerprint density at radius 2 is 1.91 bits per heavy atom. The molecule has 0 bridgehead atoms. The van der Waals surface area contributed by atoms with Gasteiger partial charge in [0.1, 0.15) is 0 Å². The van der Waals surface area contributed by atoms with Gasteiger partial charge in [0, 0.05) is 12.2 Å². The van der Waals surface area contributed by atoms with Gasteiger partial charge in [-0.15, -0.1) is 0 Å². The molecule has 1 aromatic rings. The Bertz CT molecular complexity index is 526. The highest BCUT2D eigenvalue weighted by atomic mass is 19.4. The first-order valence-electron chi connectivity index (χ1n) is 7.73. The number of nitrogens with zero attached hydrogens (tertiary/aromatic N) is 1. The monoisotopic (exact) mass is 329 g/mol. The Balaban J connectivity index is 1.69. The summed E-state index contributed by atoms with van der Waals surface area (Å²) in [4.78, 5) is 13.3. The molecule has 4 nitrogen and oxygen atoms in total. The highest BCUT2D eigenvalue weighted by Gasteiger charge is 2.32. The molecule has 0 saturated carbocycles. The van der Waals surface area contributed by atoms with Crippen molar-refractivity contribution < 1.29 is 18.0 Å². The van der Waals surface area contributed by atoms with Crippen molar-refractivity contribution in [1.29, 1.82) is 0 Å². The van der Waals surface area contributed by atoms with Gasteiger partial charge < -0.3 is 10.6 Å². The fourth-order valence-corrected chi connectivity index (χ4v) is 2.72. The molecule has 1 fully saturated rings. The van der Waals surface area contributed by atoms with Crippen molar-refractivity contribution in [3.05, 3.63) is 29.8 Å². The molecule has 2 N–H and O–H groups in total. The number of urea groups is 1. The number of carbonyl (C=O) groups is 1. The van der Waals surface area contributed by atoms with E-state index in [0.717, 1.165) is 11.3 Å². The van der Waals surface area contributed by atoms with Gasteiger partial charge in [0.05, 0.1) is 6.54 Å². The van der Waals surface area contributed by atoms with E-state index in [1.54, 1.807) is 0 Å². The minimum absolute atomic E-state index is 0.224. The number of hydrogen-bond acceptors (Lipinski definition) is 2. The van der Waals surface area contributed by atoms with Crippen LogP contribution >= 0.6 is 0 Å². The number of amides is 2. The molecule has 1 heterocycles. The first-order valence-corrected chi connectivity index (χ1v) is 7.73. The predicted molar refractivity (Wildman–Crippen MR) is 83.4 cm³/mol. The molecule has 0 spiro atoms. The summed E-state index contributed by atoms with van der Waals surface area (Å²) < 4.78 is 37.0. The third-order valence-electron chi connectivity index (χ3n) is 4.05.